The summed E-state index contributed by atoms with van der Waals surface area (Å²) in [5.74, 6) is 0.0220. The Morgan fingerprint density at radius 3 is 2.41 bits per heavy atom. The smallest absolute Gasteiger partial charge is 0.195 e. The Bertz CT molecular complexity index is 1040. The van der Waals surface area contributed by atoms with Crippen LogP contribution in [0.4, 0.5) is 5.69 Å². The Balaban J connectivity index is 1.98. The molecule has 2 aromatic carbocycles. The summed E-state index contributed by atoms with van der Waals surface area (Å²) in [5.41, 5.74) is 12.9. The normalized spacial score (nSPS) is 18.8. The quantitative estimate of drug-likeness (QED) is 0.514. The van der Waals surface area contributed by atoms with Crippen molar-refractivity contribution in [1.82, 2.24) is 0 Å². The SMILES string of the molecule is C=C/C=C1/C(=O)c2c(Sc3ccccc3)ccc(N)c2C(=C2CC2)/C1=C/C. The first kappa shape index (κ1) is 17.6. The number of ketones is 1. The fourth-order valence-corrected chi connectivity index (χ4v) is 4.56. The van der Waals surface area contributed by atoms with Gasteiger partial charge in [-0.3, -0.25) is 4.79 Å². The van der Waals surface area contributed by atoms with Gasteiger partial charge in [0.25, 0.3) is 0 Å². The third-order valence-corrected chi connectivity index (χ3v) is 5.95. The van der Waals surface area contributed by atoms with Crippen molar-refractivity contribution in [2.75, 3.05) is 5.73 Å². The Morgan fingerprint density at radius 2 is 1.78 bits per heavy atom. The molecule has 0 saturated heterocycles. The monoisotopic (exact) mass is 371 g/mol. The van der Waals surface area contributed by atoms with E-state index in [0.29, 0.717) is 11.3 Å². The third-order valence-electron chi connectivity index (χ3n) is 4.88. The molecule has 0 aromatic heterocycles. The van der Waals surface area contributed by atoms with Gasteiger partial charge in [-0.25, -0.2) is 0 Å². The van der Waals surface area contributed by atoms with Crippen LogP contribution >= 0.6 is 11.8 Å². The molecule has 0 bridgehead atoms. The lowest BCUT2D eigenvalue weighted by molar-refractivity contribution is 0.103. The zero-order valence-corrected chi connectivity index (χ0v) is 16.1. The number of carbonyl (C=O) groups is 1. The molecule has 0 heterocycles. The van der Waals surface area contributed by atoms with Crippen molar-refractivity contribution in [3.63, 3.8) is 0 Å². The number of fused-ring (bicyclic) bond motifs is 1. The summed E-state index contributed by atoms with van der Waals surface area (Å²) in [6.07, 6.45) is 7.67. The summed E-state index contributed by atoms with van der Waals surface area (Å²) in [6, 6.07) is 14.0. The number of nitrogens with two attached hydrogens (primary N) is 1. The Labute approximate surface area is 164 Å². The summed E-state index contributed by atoms with van der Waals surface area (Å²) in [4.78, 5) is 15.5. The molecule has 0 atom stereocenters. The maximum Gasteiger partial charge on any atom is 0.195 e. The molecule has 2 N–H and O–H groups in total. The minimum Gasteiger partial charge on any atom is -0.398 e. The molecule has 134 valence electrons. The van der Waals surface area contributed by atoms with Gasteiger partial charge >= 0.3 is 0 Å². The fourth-order valence-electron chi connectivity index (χ4n) is 3.58. The second-order valence-corrected chi connectivity index (χ2v) is 7.76. The third kappa shape index (κ3) is 3.08. The molecule has 2 aliphatic carbocycles. The Morgan fingerprint density at radius 1 is 1.04 bits per heavy atom. The van der Waals surface area contributed by atoms with Gasteiger partial charge in [-0.05, 0) is 55.2 Å². The molecule has 0 unspecified atom stereocenters. The molecule has 2 aromatic rings. The second kappa shape index (κ2) is 7.09. The Kier molecular flexibility index (Phi) is 4.63. The number of nitrogen functional groups attached to an aromatic ring is 1. The molecule has 3 heteroatoms. The molecule has 4 rings (SSSR count). The van der Waals surface area contributed by atoms with Gasteiger partial charge in [0, 0.05) is 32.2 Å². The van der Waals surface area contributed by atoms with Crippen molar-refractivity contribution in [2.45, 2.75) is 29.6 Å². The van der Waals surface area contributed by atoms with Crippen molar-refractivity contribution < 1.29 is 4.79 Å². The van der Waals surface area contributed by atoms with E-state index >= 15 is 0 Å². The molecule has 1 saturated carbocycles. The van der Waals surface area contributed by atoms with Crippen LogP contribution in [0.5, 0.6) is 0 Å². The highest BCUT2D eigenvalue weighted by molar-refractivity contribution is 7.99. The highest BCUT2D eigenvalue weighted by Crippen LogP contribution is 2.51. The molecule has 0 radical (unpaired) electrons. The fraction of sp³-hybridized carbons (Fsp3) is 0.125. The van der Waals surface area contributed by atoms with Gasteiger partial charge < -0.3 is 5.73 Å². The number of hydrogen-bond donors (Lipinski definition) is 1. The molecule has 1 fully saturated rings. The van der Waals surface area contributed by atoms with Gasteiger partial charge in [-0.2, -0.15) is 0 Å². The first-order chi connectivity index (χ1) is 13.2. The first-order valence-corrected chi connectivity index (χ1v) is 9.89. The van der Waals surface area contributed by atoms with Crippen LogP contribution in [-0.4, -0.2) is 5.78 Å². The predicted octanol–water partition coefficient (Wildman–Crippen LogP) is 6.22. The summed E-state index contributed by atoms with van der Waals surface area (Å²) in [7, 11) is 0. The van der Waals surface area contributed by atoms with E-state index in [2.05, 4.69) is 18.7 Å². The van der Waals surface area contributed by atoms with E-state index in [0.717, 1.165) is 44.9 Å². The van der Waals surface area contributed by atoms with E-state index in [4.69, 9.17) is 5.73 Å². The van der Waals surface area contributed by atoms with Gasteiger partial charge in [0.2, 0.25) is 0 Å². The molecular weight excluding hydrogens is 350 g/mol. The van der Waals surface area contributed by atoms with Crippen LogP contribution in [0.1, 0.15) is 35.7 Å². The van der Waals surface area contributed by atoms with Crippen LogP contribution < -0.4 is 5.73 Å². The highest BCUT2D eigenvalue weighted by Gasteiger charge is 2.36. The van der Waals surface area contributed by atoms with Crippen LogP contribution in [0.15, 0.2) is 93.8 Å². The van der Waals surface area contributed by atoms with Crippen molar-refractivity contribution in [2.24, 2.45) is 0 Å². The number of Topliss-reactive ketones (excluding diaryl/α,β-unsaturated/α-hetero) is 1. The van der Waals surface area contributed by atoms with Crippen molar-refractivity contribution in [3.8, 4) is 0 Å². The van der Waals surface area contributed by atoms with Crippen LogP contribution in [0.2, 0.25) is 0 Å². The Hall–Kier alpha value is -2.78. The van der Waals surface area contributed by atoms with Crippen LogP contribution in [-0.2, 0) is 0 Å². The summed E-state index contributed by atoms with van der Waals surface area (Å²) in [6.45, 7) is 5.78. The summed E-state index contributed by atoms with van der Waals surface area (Å²) < 4.78 is 0. The number of anilines is 1. The van der Waals surface area contributed by atoms with E-state index in [9.17, 15) is 4.79 Å². The molecule has 2 nitrogen and oxygen atoms in total. The van der Waals surface area contributed by atoms with Crippen LogP contribution in [0.3, 0.4) is 0 Å². The largest absolute Gasteiger partial charge is 0.398 e. The number of rotatable bonds is 3. The van der Waals surface area contributed by atoms with E-state index in [1.165, 1.54) is 5.57 Å². The molecule has 27 heavy (non-hydrogen) atoms. The lowest BCUT2D eigenvalue weighted by Crippen LogP contribution is -2.19. The predicted molar refractivity (Wildman–Crippen MR) is 114 cm³/mol. The summed E-state index contributed by atoms with van der Waals surface area (Å²) in [5, 5.41) is 0. The van der Waals surface area contributed by atoms with E-state index < -0.39 is 0 Å². The lowest BCUT2D eigenvalue weighted by atomic mass is 9.77. The van der Waals surface area contributed by atoms with E-state index in [1.807, 2.05) is 49.4 Å². The molecular formula is C24H21NOS. The van der Waals surface area contributed by atoms with Gasteiger partial charge in [0.15, 0.2) is 5.78 Å². The minimum atomic E-state index is 0.0220. The number of hydrogen-bond acceptors (Lipinski definition) is 3. The summed E-state index contributed by atoms with van der Waals surface area (Å²) >= 11 is 1.61. The highest BCUT2D eigenvalue weighted by atomic mass is 32.2. The van der Waals surface area contributed by atoms with Crippen LogP contribution in [0.25, 0.3) is 5.57 Å². The number of benzene rings is 2. The number of allylic oxidation sites excluding steroid dienone is 7. The minimum absolute atomic E-state index is 0.0220. The van der Waals surface area contributed by atoms with Gasteiger partial charge in [-0.1, -0.05) is 60.3 Å². The van der Waals surface area contributed by atoms with Crippen molar-refractivity contribution in [3.05, 3.63) is 95.1 Å². The lowest BCUT2D eigenvalue weighted by Gasteiger charge is -2.27. The zero-order chi connectivity index (χ0) is 19.0. The second-order valence-electron chi connectivity index (χ2n) is 6.64. The average molecular weight is 372 g/mol. The molecule has 0 spiro atoms. The van der Waals surface area contributed by atoms with E-state index in [-0.39, 0.29) is 5.78 Å². The van der Waals surface area contributed by atoms with E-state index in [1.54, 1.807) is 17.8 Å². The maximum atomic E-state index is 13.5. The van der Waals surface area contributed by atoms with Crippen molar-refractivity contribution >= 4 is 28.8 Å². The molecule has 0 aliphatic heterocycles. The standard InChI is InChI=1S/C24H21NOS/c1-3-8-18-17(4-2)21(15-11-12-15)22-19(25)13-14-20(23(22)24(18)26)27-16-9-6-5-7-10-16/h3-10,13-14H,1,11-12,25H2,2H3/b17-4+,18-8+. The first-order valence-electron chi connectivity index (χ1n) is 9.08. The van der Waals surface area contributed by atoms with Gasteiger partial charge in [0.05, 0.1) is 0 Å². The maximum absolute atomic E-state index is 13.5. The molecule has 2 aliphatic rings. The van der Waals surface area contributed by atoms with Gasteiger partial charge in [0.1, 0.15) is 0 Å². The average Bonchev–Trinajstić information content (AvgIpc) is 3.51. The number of carbonyl (C=O) groups excluding carboxylic acids is 1. The molecule has 0 amide bonds. The van der Waals surface area contributed by atoms with Gasteiger partial charge in [-0.15, -0.1) is 0 Å². The topological polar surface area (TPSA) is 43.1 Å². The van der Waals surface area contributed by atoms with Crippen molar-refractivity contribution in [1.29, 1.82) is 0 Å². The zero-order valence-electron chi connectivity index (χ0n) is 15.3. The van der Waals surface area contributed by atoms with Crippen LogP contribution in [0, 0.1) is 0 Å².